The molecule has 3 aromatic rings. The summed E-state index contributed by atoms with van der Waals surface area (Å²) in [6.45, 7) is 9.16. The van der Waals surface area contributed by atoms with Crippen molar-refractivity contribution in [3.05, 3.63) is 48.3 Å². The maximum atomic E-state index is 13.6. The van der Waals surface area contributed by atoms with E-state index < -0.39 is 5.95 Å². The normalized spacial score (nSPS) is 15.5. The number of halogens is 1. The number of aryl methyl sites for hydroxylation is 1. The van der Waals surface area contributed by atoms with Gasteiger partial charge in [0.05, 0.1) is 11.7 Å². The van der Waals surface area contributed by atoms with Gasteiger partial charge >= 0.3 is 0 Å². The van der Waals surface area contributed by atoms with Crippen LogP contribution in [-0.2, 0) is 4.79 Å². The molecule has 1 saturated heterocycles. The summed E-state index contributed by atoms with van der Waals surface area (Å²) < 4.78 is 19.9. The lowest BCUT2D eigenvalue weighted by Crippen LogP contribution is -2.42. The number of likely N-dealkylation sites (tertiary alicyclic amines) is 1. The topological polar surface area (TPSA) is 80.2 Å². The molecule has 8 heteroatoms. The molecule has 1 N–H and O–H groups in total. The van der Waals surface area contributed by atoms with E-state index in [-0.39, 0.29) is 11.5 Å². The van der Waals surface area contributed by atoms with Gasteiger partial charge in [0.15, 0.2) is 0 Å². The third kappa shape index (κ3) is 5.82. The molecule has 0 bridgehead atoms. The van der Waals surface area contributed by atoms with E-state index in [1.807, 2.05) is 25.1 Å². The molecule has 7 nitrogen and oxygen atoms in total. The van der Waals surface area contributed by atoms with E-state index in [9.17, 15) is 9.18 Å². The summed E-state index contributed by atoms with van der Waals surface area (Å²) in [5.41, 5.74) is 2.43. The Labute approximate surface area is 193 Å². The Morgan fingerprint density at radius 2 is 2.00 bits per heavy atom. The number of pyridine rings is 1. The van der Waals surface area contributed by atoms with Gasteiger partial charge in [-0.1, -0.05) is 13.8 Å². The Balaban J connectivity index is 1.37. The first-order valence-electron chi connectivity index (χ1n) is 11.3. The molecule has 0 spiro atoms. The third-order valence-electron chi connectivity index (χ3n) is 6.04. The number of benzene rings is 1. The lowest BCUT2D eigenvalue weighted by Gasteiger charge is -2.37. The Kier molecular flexibility index (Phi) is 6.83. The smallest absolute Gasteiger partial charge is 0.213 e. The Hall–Kier alpha value is -3.13. The van der Waals surface area contributed by atoms with Crippen LogP contribution in [0.25, 0.3) is 10.9 Å². The number of aromatic nitrogens is 3. The molecule has 1 fully saturated rings. The van der Waals surface area contributed by atoms with Gasteiger partial charge in [-0.25, -0.2) is 15.0 Å². The zero-order chi connectivity index (χ0) is 23.4. The molecule has 2 aromatic heterocycles. The molecule has 0 saturated carbocycles. The summed E-state index contributed by atoms with van der Waals surface area (Å²) in [7, 11) is 0. The molecule has 1 aliphatic rings. The molecule has 0 radical (unpaired) electrons. The zero-order valence-corrected chi connectivity index (χ0v) is 19.3. The van der Waals surface area contributed by atoms with Gasteiger partial charge in [-0.2, -0.15) is 4.39 Å². The van der Waals surface area contributed by atoms with Crippen LogP contribution in [-0.4, -0.2) is 51.9 Å². The quantitative estimate of drug-likeness (QED) is 0.394. The summed E-state index contributed by atoms with van der Waals surface area (Å²) in [6.07, 6.45) is 6.52. The first-order chi connectivity index (χ1) is 15.8. The van der Waals surface area contributed by atoms with E-state index >= 15 is 0 Å². The molecule has 1 aromatic carbocycles. The Morgan fingerprint density at radius 1 is 1.21 bits per heavy atom. The molecule has 3 heterocycles. The molecule has 0 aliphatic carbocycles. The molecule has 4 rings (SSSR count). The van der Waals surface area contributed by atoms with Crippen LogP contribution in [0.1, 0.15) is 38.7 Å². The van der Waals surface area contributed by atoms with Crippen molar-refractivity contribution in [2.24, 2.45) is 5.41 Å². The lowest BCUT2D eigenvalue weighted by molar-refractivity contribution is -0.109. The Morgan fingerprint density at radius 3 is 2.73 bits per heavy atom. The van der Waals surface area contributed by atoms with Gasteiger partial charge < -0.3 is 19.7 Å². The van der Waals surface area contributed by atoms with Crippen molar-refractivity contribution in [1.82, 2.24) is 19.9 Å². The fourth-order valence-electron chi connectivity index (χ4n) is 4.29. The molecule has 1 aliphatic heterocycles. The average molecular weight is 452 g/mol. The standard InChI is InChI=1S/C25H30FN5O2/c1-17-12-18(30-24-20-13-23(26)27-14-21(20)28-16-29-24)4-5-22(17)33-19-6-9-31(10-7-19)15-25(2,3)8-11-32/h4-5,11-14,16,19H,6-10,15H2,1-3H3,(H,28,29,30). The van der Waals surface area contributed by atoms with E-state index in [0.29, 0.717) is 23.1 Å². The van der Waals surface area contributed by atoms with Crippen molar-refractivity contribution in [2.45, 2.75) is 46.1 Å². The van der Waals surface area contributed by atoms with Crippen LogP contribution in [0.4, 0.5) is 15.9 Å². The first-order valence-corrected chi connectivity index (χ1v) is 11.3. The number of fused-ring (bicyclic) bond motifs is 1. The van der Waals surface area contributed by atoms with Gasteiger partial charge in [0.2, 0.25) is 5.95 Å². The predicted molar refractivity (Wildman–Crippen MR) is 126 cm³/mol. The minimum Gasteiger partial charge on any atom is -0.490 e. The zero-order valence-electron chi connectivity index (χ0n) is 19.3. The van der Waals surface area contributed by atoms with Crippen LogP contribution < -0.4 is 10.1 Å². The first kappa shape index (κ1) is 23.0. The maximum Gasteiger partial charge on any atom is 0.213 e. The number of carbonyl (C=O) groups is 1. The molecule has 33 heavy (non-hydrogen) atoms. The molecule has 174 valence electrons. The summed E-state index contributed by atoms with van der Waals surface area (Å²) in [5.74, 6) is 0.820. The number of hydrogen-bond acceptors (Lipinski definition) is 7. The largest absolute Gasteiger partial charge is 0.490 e. The number of hydrogen-bond donors (Lipinski definition) is 1. The van der Waals surface area contributed by atoms with E-state index in [4.69, 9.17) is 4.74 Å². The number of nitrogens with one attached hydrogen (secondary N) is 1. The fourth-order valence-corrected chi connectivity index (χ4v) is 4.29. The van der Waals surface area contributed by atoms with E-state index in [0.717, 1.165) is 55.8 Å². The second-order valence-corrected chi connectivity index (χ2v) is 9.48. The number of rotatable bonds is 8. The molecular formula is C25H30FN5O2. The van der Waals surface area contributed by atoms with Crippen LogP contribution in [0.5, 0.6) is 5.75 Å². The van der Waals surface area contributed by atoms with Gasteiger partial charge in [0.1, 0.15) is 30.3 Å². The van der Waals surface area contributed by atoms with E-state index in [2.05, 4.69) is 39.0 Å². The van der Waals surface area contributed by atoms with Crippen molar-refractivity contribution in [3.63, 3.8) is 0 Å². The second kappa shape index (κ2) is 9.79. The van der Waals surface area contributed by atoms with E-state index in [1.165, 1.54) is 18.6 Å². The van der Waals surface area contributed by atoms with Crippen LogP contribution >= 0.6 is 0 Å². The predicted octanol–water partition coefficient (Wildman–Crippen LogP) is 4.67. The van der Waals surface area contributed by atoms with Crippen molar-refractivity contribution in [2.75, 3.05) is 25.0 Å². The second-order valence-electron chi connectivity index (χ2n) is 9.48. The minimum atomic E-state index is -0.571. The number of nitrogens with zero attached hydrogens (tertiary/aromatic N) is 4. The highest BCUT2D eigenvalue weighted by molar-refractivity contribution is 5.89. The average Bonchev–Trinajstić information content (AvgIpc) is 2.77. The van der Waals surface area contributed by atoms with Crippen LogP contribution in [0.2, 0.25) is 0 Å². The summed E-state index contributed by atoms with van der Waals surface area (Å²) >= 11 is 0. The molecule has 0 unspecified atom stereocenters. The number of piperidine rings is 1. The van der Waals surface area contributed by atoms with Crippen LogP contribution in [0.3, 0.4) is 0 Å². The number of carbonyl (C=O) groups excluding carboxylic acids is 1. The van der Waals surface area contributed by atoms with Gasteiger partial charge in [-0.15, -0.1) is 0 Å². The summed E-state index contributed by atoms with van der Waals surface area (Å²) in [5, 5.41) is 3.83. The number of ether oxygens (including phenoxy) is 1. The highest BCUT2D eigenvalue weighted by atomic mass is 19.1. The molecule has 0 atom stereocenters. The maximum absolute atomic E-state index is 13.6. The van der Waals surface area contributed by atoms with Gasteiger partial charge in [-0.05, 0) is 48.9 Å². The monoisotopic (exact) mass is 451 g/mol. The molecular weight excluding hydrogens is 421 g/mol. The highest BCUT2D eigenvalue weighted by Gasteiger charge is 2.26. The van der Waals surface area contributed by atoms with Crippen molar-refractivity contribution in [3.8, 4) is 5.75 Å². The summed E-state index contributed by atoms with van der Waals surface area (Å²) in [4.78, 5) is 25.4. The minimum absolute atomic E-state index is 0.00609. The van der Waals surface area contributed by atoms with Crippen LogP contribution in [0, 0.1) is 18.3 Å². The van der Waals surface area contributed by atoms with Gasteiger partial charge in [0.25, 0.3) is 0 Å². The highest BCUT2D eigenvalue weighted by Crippen LogP contribution is 2.29. The van der Waals surface area contributed by atoms with Crippen LogP contribution in [0.15, 0.2) is 36.8 Å². The van der Waals surface area contributed by atoms with Crippen molar-refractivity contribution in [1.29, 1.82) is 0 Å². The van der Waals surface area contributed by atoms with Gasteiger partial charge in [0, 0.05) is 43.2 Å². The summed E-state index contributed by atoms with van der Waals surface area (Å²) in [6, 6.07) is 7.22. The number of anilines is 2. The SMILES string of the molecule is Cc1cc(Nc2ncnc3cnc(F)cc23)ccc1OC1CCN(CC(C)(C)CC=O)CC1. The van der Waals surface area contributed by atoms with Crippen molar-refractivity contribution < 1.29 is 13.9 Å². The third-order valence-corrected chi connectivity index (χ3v) is 6.04. The number of aldehydes is 1. The Bertz CT molecular complexity index is 1130. The van der Waals surface area contributed by atoms with Crippen molar-refractivity contribution >= 4 is 28.7 Å². The molecule has 0 amide bonds. The fraction of sp³-hybridized carbons (Fsp3) is 0.440. The van der Waals surface area contributed by atoms with Gasteiger partial charge in [-0.3, -0.25) is 0 Å². The van der Waals surface area contributed by atoms with E-state index in [1.54, 1.807) is 0 Å². The lowest BCUT2D eigenvalue weighted by atomic mass is 9.88.